The van der Waals surface area contributed by atoms with Crippen molar-refractivity contribution in [1.29, 1.82) is 0 Å². The zero-order valence-electron chi connectivity index (χ0n) is 21.3. The van der Waals surface area contributed by atoms with E-state index < -0.39 is 0 Å². The Balaban J connectivity index is 1.58. The summed E-state index contributed by atoms with van der Waals surface area (Å²) in [7, 11) is 1.50. The van der Waals surface area contributed by atoms with Gasteiger partial charge in [-0.3, -0.25) is 9.78 Å². The lowest BCUT2D eigenvalue weighted by Crippen LogP contribution is -2.29. The van der Waals surface area contributed by atoms with Gasteiger partial charge < -0.3 is 24.8 Å². The summed E-state index contributed by atoms with van der Waals surface area (Å²) < 4.78 is 8.21. The molecule has 1 fully saturated rings. The van der Waals surface area contributed by atoms with E-state index in [-0.39, 0.29) is 24.6 Å². The molecule has 2 aromatic heterocycles. The van der Waals surface area contributed by atoms with Crippen molar-refractivity contribution in [2.24, 2.45) is 0 Å². The molecule has 0 spiro atoms. The maximum atomic E-state index is 12.0. The lowest BCUT2D eigenvalue weighted by atomic mass is 9.96. The van der Waals surface area contributed by atoms with Crippen molar-refractivity contribution in [3.63, 3.8) is 0 Å². The van der Waals surface area contributed by atoms with Crippen molar-refractivity contribution in [1.82, 2.24) is 14.9 Å². The summed E-state index contributed by atoms with van der Waals surface area (Å²) in [6.45, 7) is 4.27. The molecule has 0 radical (unpaired) electrons. The highest BCUT2D eigenvalue weighted by molar-refractivity contribution is 9.10. The van der Waals surface area contributed by atoms with E-state index in [0.29, 0.717) is 10.8 Å². The minimum Gasteiger partial charge on any atom is -0.375 e. The number of carbonyl (C=O) groups is 1. The first-order valence-electron chi connectivity index (χ1n) is 12.2. The second kappa shape index (κ2) is 11.1. The van der Waals surface area contributed by atoms with Crippen LogP contribution in [-0.2, 0) is 9.53 Å². The number of hydrogen-bond donors (Lipinski definition) is 2. The van der Waals surface area contributed by atoms with Crippen LogP contribution in [0.15, 0.2) is 83.5 Å². The van der Waals surface area contributed by atoms with E-state index in [0.717, 1.165) is 38.5 Å². The van der Waals surface area contributed by atoms with Gasteiger partial charge in [-0.25, -0.2) is 0 Å². The zero-order chi connectivity index (χ0) is 26.8. The third kappa shape index (κ3) is 5.09. The summed E-state index contributed by atoms with van der Waals surface area (Å²) in [6, 6.07) is 23.9. The summed E-state index contributed by atoms with van der Waals surface area (Å²) in [6.07, 6.45) is 1.81. The Morgan fingerprint density at radius 1 is 1.08 bits per heavy atom. The summed E-state index contributed by atoms with van der Waals surface area (Å²) in [4.78, 5) is 18.8. The van der Waals surface area contributed by atoms with Gasteiger partial charge in [0.2, 0.25) is 5.91 Å². The van der Waals surface area contributed by atoms with Crippen LogP contribution in [0.25, 0.3) is 5.69 Å². The SMILES string of the molecule is COCC(=O)Nc1ccc(N2C(=S)NC(c3ccccn3)C2c2cc(C)n(-c3cccc(Br)c3)c2C)cc1. The summed E-state index contributed by atoms with van der Waals surface area (Å²) in [5, 5.41) is 6.99. The molecule has 38 heavy (non-hydrogen) atoms. The first-order chi connectivity index (χ1) is 18.4. The first-order valence-corrected chi connectivity index (χ1v) is 13.4. The largest absolute Gasteiger partial charge is 0.375 e. The molecule has 0 saturated carbocycles. The summed E-state index contributed by atoms with van der Waals surface area (Å²) in [5.74, 6) is -0.202. The Morgan fingerprint density at radius 2 is 1.87 bits per heavy atom. The van der Waals surface area contributed by atoms with Gasteiger partial charge in [0.25, 0.3) is 0 Å². The number of halogens is 1. The third-order valence-electron chi connectivity index (χ3n) is 6.66. The number of carbonyl (C=O) groups excluding carboxylic acids is 1. The maximum Gasteiger partial charge on any atom is 0.250 e. The highest BCUT2D eigenvalue weighted by Crippen LogP contribution is 2.44. The Labute approximate surface area is 236 Å². The number of amides is 1. The van der Waals surface area contributed by atoms with Crippen LogP contribution in [0, 0.1) is 13.8 Å². The topological polar surface area (TPSA) is 71.4 Å². The van der Waals surface area contributed by atoms with Crippen LogP contribution in [0.2, 0.25) is 0 Å². The maximum absolute atomic E-state index is 12.0. The van der Waals surface area contributed by atoms with E-state index >= 15 is 0 Å². The van der Waals surface area contributed by atoms with Crippen LogP contribution in [0.1, 0.15) is 34.7 Å². The van der Waals surface area contributed by atoms with Crippen LogP contribution in [0.5, 0.6) is 0 Å². The van der Waals surface area contributed by atoms with Crippen LogP contribution >= 0.6 is 28.1 Å². The number of benzene rings is 2. The lowest BCUT2D eigenvalue weighted by Gasteiger charge is -2.28. The molecule has 9 heteroatoms. The number of nitrogens with one attached hydrogen (secondary N) is 2. The number of aryl methyl sites for hydroxylation is 1. The molecular formula is C29H28BrN5O2S. The average Bonchev–Trinajstić information content (AvgIpc) is 3.40. The molecule has 1 saturated heterocycles. The molecule has 2 atom stereocenters. The predicted molar refractivity (Wildman–Crippen MR) is 158 cm³/mol. The van der Waals surface area contributed by atoms with Gasteiger partial charge >= 0.3 is 0 Å². The molecule has 1 amide bonds. The van der Waals surface area contributed by atoms with E-state index in [1.54, 1.807) is 0 Å². The van der Waals surface area contributed by atoms with Crippen LogP contribution in [0.4, 0.5) is 11.4 Å². The van der Waals surface area contributed by atoms with E-state index in [4.69, 9.17) is 17.0 Å². The number of nitrogens with zero attached hydrogens (tertiary/aromatic N) is 3. The second-order valence-corrected chi connectivity index (χ2v) is 10.5. The monoisotopic (exact) mass is 589 g/mol. The van der Waals surface area contributed by atoms with Crippen LogP contribution < -0.4 is 15.5 Å². The van der Waals surface area contributed by atoms with Crippen LogP contribution in [-0.4, -0.2) is 34.3 Å². The number of thiocarbonyl (C=S) groups is 1. The molecule has 7 nitrogen and oxygen atoms in total. The van der Waals surface area contributed by atoms with Crippen molar-refractivity contribution in [2.45, 2.75) is 25.9 Å². The summed E-state index contributed by atoms with van der Waals surface area (Å²) >= 11 is 9.50. The van der Waals surface area contributed by atoms with Crippen molar-refractivity contribution in [3.05, 3.63) is 106 Å². The smallest absolute Gasteiger partial charge is 0.250 e. The molecule has 5 rings (SSSR count). The Hall–Kier alpha value is -3.53. The summed E-state index contributed by atoms with van der Waals surface area (Å²) in [5.41, 5.74) is 7.03. The molecular weight excluding hydrogens is 562 g/mol. The Bertz CT molecular complexity index is 1470. The molecule has 194 valence electrons. The molecule has 1 aliphatic rings. The fourth-order valence-corrected chi connectivity index (χ4v) is 5.82. The fourth-order valence-electron chi connectivity index (χ4n) is 5.08. The van der Waals surface area contributed by atoms with E-state index in [9.17, 15) is 4.79 Å². The van der Waals surface area contributed by atoms with Gasteiger partial charge in [0, 0.05) is 46.2 Å². The van der Waals surface area contributed by atoms with Crippen molar-refractivity contribution < 1.29 is 9.53 Å². The predicted octanol–water partition coefficient (Wildman–Crippen LogP) is 6.01. The van der Waals surface area contributed by atoms with Gasteiger partial charge in [0.15, 0.2) is 5.11 Å². The average molecular weight is 591 g/mol. The number of hydrogen-bond acceptors (Lipinski definition) is 4. The first kappa shape index (κ1) is 26.1. The van der Waals surface area contributed by atoms with Gasteiger partial charge in [-0.05, 0) is 92.3 Å². The second-order valence-electron chi connectivity index (χ2n) is 9.17. The minimum atomic E-state index is -0.202. The molecule has 3 heterocycles. The van der Waals surface area contributed by atoms with E-state index in [1.165, 1.54) is 7.11 Å². The van der Waals surface area contributed by atoms with Gasteiger partial charge in [0.1, 0.15) is 6.61 Å². The molecule has 2 aromatic carbocycles. The molecule has 4 aromatic rings. The molecule has 1 aliphatic heterocycles. The molecule has 2 unspecified atom stereocenters. The molecule has 0 bridgehead atoms. The van der Waals surface area contributed by atoms with E-state index in [1.807, 2.05) is 60.8 Å². The number of methoxy groups -OCH3 is 1. The zero-order valence-corrected chi connectivity index (χ0v) is 23.7. The third-order valence-corrected chi connectivity index (χ3v) is 7.47. The van der Waals surface area contributed by atoms with Gasteiger partial charge in [-0.15, -0.1) is 0 Å². The van der Waals surface area contributed by atoms with Crippen molar-refractivity contribution >= 4 is 50.5 Å². The lowest BCUT2D eigenvalue weighted by molar-refractivity contribution is -0.119. The number of pyridine rings is 1. The van der Waals surface area contributed by atoms with Crippen molar-refractivity contribution in [3.8, 4) is 5.69 Å². The number of rotatable bonds is 7. The van der Waals surface area contributed by atoms with Crippen molar-refractivity contribution in [2.75, 3.05) is 23.9 Å². The Kier molecular flexibility index (Phi) is 7.60. The number of ether oxygens (including phenoxy) is 1. The molecule has 0 aliphatic carbocycles. The van der Waals surface area contributed by atoms with Gasteiger partial charge in [-0.1, -0.05) is 28.1 Å². The van der Waals surface area contributed by atoms with Crippen LogP contribution in [0.3, 0.4) is 0 Å². The van der Waals surface area contributed by atoms with Gasteiger partial charge in [0.05, 0.1) is 17.8 Å². The minimum absolute atomic E-state index is 0.00329. The number of anilines is 2. The highest BCUT2D eigenvalue weighted by Gasteiger charge is 2.42. The quantitative estimate of drug-likeness (QED) is 0.257. The normalized spacial score (nSPS) is 16.9. The van der Waals surface area contributed by atoms with E-state index in [2.05, 4.69) is 73.1 Å². The Morgan fingerprint density at radius 3 is 2.55 bits per heavy atom. The van der Waals surface area contributed by atoms with Gasteiger partial charge in [-0.2, -0.15) is 0 Å². The highest BCUT2D eigenvalue weighted by atomic mass is 79.9. The number of aromatic nitrogens is 2. The fraction of sp³-hybridized carbons (Fsp3) is 0.207. The molecule has 2 N–H and O–H groups in total. The standard InChI is InChI=1S/C29H28BrN5O2S/c1-18-15-24(19(2)34(18)23-8-6-7-20(30)16-23)28-27(25-9-4-5-14-31-25)33-29(38)35(28)22-12-10-21(11-13-22)32-26(36)17-37-3/h4-16,27-28H,17H2,1-3H3,(H,32,36)(H,33,38).